The fourth-order valence-corrected chi connectivity index (χ4v) is 5.12. The van der Waals surface area contributed by atoms with Gasteiger partial charge in [0.2, 0.25) is 5.13 Å². The highest BCUT2D eigenvalue weighted by Crippen LogP contribution is 2.36. The minimum atomic E-state index is -2.33. The molecule has 156 valence electrons. The van der Waals surface area contributed by atoms with Crippen LogP contribution in [0.25, 0.3) is 0 Å². The number of nitrogens with zero attached hydrogens (tertiary/aromatic N) is 2. The Labute approximate surface area is 185 Å². The van der Waals surface area contributed by atoms with Crippen molar-refractivity contribution in [2.45, 2.75) is 24.8 Å². The molecule has 3 N–H and O–H groups in total. The van der Waals surface area contributed by atoms with E-state index in [1.165, 1.54) is 16.9 Å². The minimum absolute atomic E-state index is 0.0222. The standard InChI is InChI=1S/C20H21N5O2S3/c1-13-23-24-20(29-13)22-17(11-14-7-9-16(10-8-14)25-30(26)27)18-12-28-19(21-18)15-5-3-2-4-6-15/h2-10,12,17,19,21,25H,11H2,1H3,(H,22,24)(H,26,27)/p-1/t17-,19?/m0/s1. The van der Waals surface area contributed by atoms with Crippen molar-refractivity contribution in [2.75, 3.05) is 10.0 Å². The fraction of sp³-hybridized carbons (Fsp3) is 0.200. The van der Waals surface area contributed by atoms with Gasteiger partial charge in [-0.25, -0.2) is 0 Å². The van der Waals surface area contributed by atoms with Gasteiger partial charge in [-0.3, -0.25) is 4.21 Å². The normalized spacial score (nSPS) is 17.7. The van der Waals surface area contributed by atoms with Crippen molar-refractivity contribution in [3.05, 3.63) is 81.8 Å². The van der Waals surface area contributed by atoms with Crippen molar-refractivity contribution in [3.8, 4) is 0 Å². The quantitative estimate of drug-likeness (QED) is 0.439. The Bertz CT molecular complexity index is 1040. The number of aromatic nitrogens is 2. The van der Waals surface area contributed by atoms with Crippen molar-refractivity contribution in [1.82, 2.24) is 15.5 Å². The predicted octanol–water partition coefficient (Wildman–Crippen LogP) is 3.95. The molecule has 0 amide bonds. The highest BCUT2D eigenvalue weighted by atomic mass is 32.2. The Morgan fingerprint density at radius 1 is 1.17 bits per heavy atom. The number of hydrogen-bond donors (Lipinski definition) is 3. The third-order valence-electron chi connectivity index (χ3n) is 4.53. The number of anilines is 2. The Hall–Kier alpha value is -2.40. The number of hydrogen-bond acceptors (Lipinski definition) is 8. The predicted molar refractivity (Wildman–Crippen MR) is 123 cm³/mol. The van der Waals surface area contributed by atoms with E-state index in [2.05, 4.69) is 43.1 Å². The number of benzene rings is 2. The summed E-state index contributed by atoms with van der Waals surface area (Å²) in [6, 6.07) is 17.7. The van der Waals surface area contributed by atoms with Gasteiger partial charge in [-0.15, -0.1) is 22.0 Å². The average Bonchev–Trinajstić information content (AvgIpc) is 3.38. The first-order valence-electron chi connectivity index (χ1n) is 9.25. The minimum Gasteiger partial charge on any atom is -0.755 e. The van der Waals surface area contributed by atoms with Crippen LogP contribution < -0.4 is 15.4 Å². The summed E-state index contributed by atoms with van der Waals surface area (Å²) in [4.78, 5) is 0. The molecule has 0 spiro atoms. The third kappa shape index (κ3) is 5.39. The summed E-state index contributed by atoms with van der Waals surface area (Å²) in [5.41, 5.74) is 3.92. The van der Waals surface area contributed by atoms with Crippen molar-refractivity contribution in [1.29, 1.82) is 0 Å². The van der Waals surface area contributed by atoms with Crippen LogP contribution in [-0.2, 0) is 17.7 Å². The molecule has 2 heterocycles. The monoisotopic (exact) mass is 458 g/mol. The van der Waals surface area contributed by atoms with Crippen molar-refractivity contribution in [2.24, 2.45) is 0 Å². The molecular weight excluding hydrogens is 438 g/mol. The molecular formula is C20H20N5O2S3-. The maximum absolute atomic E-state index is 10.8. The molecule has 1 aromatic heterocycles. The van der Waals surface area contributed by atoms with Gasteiger partial charge < -0.3 is 19.9 Å². The third-order valence-corrected chi connectivity index (χ3v) is 6.75. The summed E-state index contributed by atoms with van der Waals surface area (Å²) in [6.07, 6.45) is 0.709. The van der Waals surface area contributed by atoms with Gasteiger partial charge in [0.05, 0.1) is 6.04 Å². The smallest absolute Gasteiger partial charge is 0.206 e. The Morgan fingerprint density at radius 3 is 2.60 bits per heavy atom. The van der Waals surface area contributed by atoms with Crippen LogP contribution in [-0.4, -0.2) is 25.0 Å². The van der Waals surface area contributed by atoms with E-state index in [4.69, 9.17) is 0 Å². The number of rotatable bonds is 8. The molecule has 1 aliphatic heterocycles. The summed E-state index contributed by atoms with van der Waals surface area (Å²) in [5.74, 6) is 0. The van der Waals surface area contributed by atoms with Crippen LogP contribution in [0.3, 0.4) is 0 Å². The lowest BCUT2D eigenvalue weighted by molar-refractivity contribution is 0.542. The topological polar surface area (TPSA) is 102 Å². The Balaban J connectivity index is 1.50. The molecule has 0 bridgehead atoms. The lowest BCUT2D eigenvalue weighted by Crippen LogP contribution is -2.31. The highest BCUT2D eigenvalue weighted by molar-refractivity contribution is 8.02. The summed E-state index contributed by atoms with van der Waals surface area (Å²) >= 11 is 0.931. The van der Waals surface area contributed by atoms with E-state index in [1.807, 2.05) is 37.3 Å². The van der Waals surface area contributed by atoms with E-state index >= 15 is 0 Å². The summed E-state index contributed by atoms with van der Waals surface area (Å²) in [6.45, 7) is 1.93. The van der Waals surface area contributed by atoms with E-state index in [0.717, 1.165) is 21.4 Å². The summed E-state index contributed by atoms with van der Waals surface area (Å²) in [5, 5.41) is 19.4. The highest BCUT2D eigenvalue weighted by Gasteiger charge is 2.25. The van der Waals surface area contributed by atoms with Gasteiger partial charge in [-0.2, -0.15) is 0 Å². The first-order chi connectivity index (χ1) is 14.6. The molecule has 4 rings (SSSR count). The van der Waals surface area contributed by atoms with Gasteiger partial charge >= 0.3 is 0 Å². The first-order valence-corrected chi connectivity index (χ1v) is 12.1. The Morgan fingerprint density at radius 2 is 1.93 bits per heavy atom. The molecule has 7 nitrogen and oxygen atoms in total. The van der Waals surface area contributed by atoms with Crippen LogP contribution in [0.2, 0.25) is 0 Å². The molecule has 0 radical (unpaired) electrons. The zero-order valence-electron chi connectivity index (χ0n) is 16.1. The SMILES string of the molecule is Cc1nnc(N[C@@H](Cc2ccc(NS(=O)[O-])cc2)C2=CSC(c3ccccc3)N2)s1. The van der Waals surface area contributed by atoms with Crippen LogP contribution >= 0.6 is 23.1 Å². The lowest BCUT2D eigenvalue weighted by Gasteiger charge is -2.22. The molecule has 0 aliphatic carbocycles. The number of aryl methyl sites for hydroxylation is 1. The molecule has 2 unspecified atom stereocenters. The molecule has 0 fully saturated rings. The molecule has 2 aromatic carbocycles. The summed E-state index contributed by atoms with van der Waals surface area (Å²) < 4.78 is 24.0. The zero-order chi connectivity index (χ0) is 20.9. The van der Waals surface area contributed by atoms with Crippen LogP contribution in [0, 0.1) is 6.92 Å². The van der Waals surface area contributed by atoms with E-state index in [1.54, 1.807) is 23.9 Å². The molecule has 0 saturated heterocycles. The average molecular weight is 459 g/mol. The maximum atomic E-state index is 10.8. The zero-order valence-corrected chi connectivity index (χ0v) is 18.5. The van der Waals surface area contributed by atoms with Gasteiger partial charge in [0, 0.05) is 22.7 Å². The van der Waals surface area contributed by atoms with Crippen LogP contribution in [0.1, 0.15) is 21.5 Å². The largest absolute Gasteiger partial charge is 0.755 e. The van der Waals surface area contributed by atoms with Gasteiger partial charge in [-0.05, 0) is 42.0 Å². The second-order valence-electron chi connectivity index (χ2n) is 6.71. The van der Waals surface area contributed by atoms with E-state index < -0.39 is 11.3 Å². The number of thioether (sulfide) groups is 1. The van der Waals surface area contributed by atoms with Gasteiger partial charge in [0.1, 0.15) is 10.4 Å². The maximum Gasteiger partial charge on any atom is 0.206 e. The van der Waals surface area contributed by atoms with E-state index in [9.17, 15) is 8.76 Å². The summed E-state index contributed by atoms with van der Waals surface area (Å²) in [7, 11) is 0. The van der Waals surface area contributed by atoms with E-state index in [0.29, 0.717) is 12.1 Å². The van der Waals surface area contributed by atoms with Crippen LogP contribution in [0.15, 0.2) is 65.7 Å². The van der Waals surface area contributed by atoms with Gasteiger partial charge in [-0.1, -0.05) is 53.8 Å². The number of nitrogens with one attached hydrogen (secondary N) is 3. The fourth-order valence-electron chi connectivity index (χ4n) is 3.12. The van der Waals surface area contributed by atoms with Gasteiger partial charge in [0.15, 0.2) is 0 Å². The molecule has 3 atom stereocenters. The molecule has 10 heteroatoms. The molecule has 3 aromatic rings. The second-order valence-corrected chi connectivity index (χ2v) is 9.54. The van der Waals surface area contributed by atoms with Crippen molar-refractivity contribution >= 4 is 45.2 Å². The van der Waals surface area contributed by atoms with E-state index in [-0.39, 0.29) is 11.4 Å². The molecule has 0 saturated carbocycles. The second kappa shape index (κ2) is 9.61. The molecule has 30 heavy (non-hydrogen) atoms. The van der Waals surface area contributed by atoms with Crippen LogP contribution in [0.5, 0.6) is 0 Å². The van der Waals surface area contributed by atoms with Crippen LogP contribution in [0.4, 0.5) is 10.8 Å². The lowest BCUT2D eigenvalue weighted by atomic mass is 10.0. The first kappa shape index (κ1) is 20.9. The molecule has 1 aliphatic rings. The van der Waals surface area contributed by atoms with Crippen molar-refractivity contribution in [3.63, 3.8) is 0 Å². The van der Waals surface area contributed by atoms with Gasteiger partial charge in [0.25, 0.3) is 0 Å². The van der Waals surface area contributed by atoms with Crippen molar-refractivity contribution < 1.29 is 8.76 Å². The Kier molecular flexibility index (Phi) is 6.68.